The Hall–Kier alpha value is -1.94. The van der Waals surface area contributed by atoms with Crippen LogP contribution < -0.4 is 5.32 Å². The lowest BCUT2D eigenvalue weighted by Crippen LogP contribution is -2.35. The summed E-state index contributed by atoms with van der Waals surface area (Å²) in [5, 5.41) is 21.6. The first-order valence-electron chi connectivity index (χ1n) is 7.21. The van der Waals surface area contributed by atoms with Gasteiger partial charge in [-0.15, -0.1) is 0 Å². The molecule has 2 atom stereocenters. The highest BCUT2D eigenvalue weighted by atomic mass is 19.2. The van der Waals surface area contributed by atoms with Crippen LogP contribution in [0.15, 0.2) is 0 Å². The summed E-state index contributed by atoms with van der Waals surface area (Å²) in [6.45, 7) is 4.54. The number of hydrogen-bond donors (Lipinski definition) is 3. The Bertz CT molecular complexity index is 619. The van der Waals surface area contributed by atoms with Gasteiger partial charge in [-0.1, -0.05) is 0 Å². The molecule has 142 valence electrons. The summed E-state index contributed by atoms with van der Waals surface area (Å²) in [5.74, 6) is -11.3. The lowest BCUT2D eigenvalue weighted by Gasteiger charge is -2.22. The quantitative estimate of drug-likeness (QED) is 0.423. The Morgan fingerprint density at radius 3 is 1.88 bits per heavy atom. The summed E-state index contributed by atoms with van der Waals surface area (Å²) in [6.07, 6.45) is -5.56. The number of aliphatic hydroxyl groups excluding tert-OH is 2. The number of rotatable bonds is 5. The van der Waals surface area contributed by atoms with Crippen LogP contribution in [-0.2, 0) is 4.74 Å². The monoisotopic (exact) mass is 371 g/mol. The minimum atomic E-state index is -2.38. The largest absolute Gasteiger partial charge is 0.444 e. The van der Waals surface area contributed by atoms with E-state index in [4.69, 9.17) is 4.74 Å². The molecule has 0 aliphatic heterocycles. The highest BCUT2D eigenvalue weighted by Gasteiger charge is 2.32. The van der Waals surface area contributed by atoms with Gasteiger partial charge in [-0.2, -0.15) is 0 Å². The molecule has 0 saturated heterocycles. The van der Waals surface area contributed by atoms with Crippen molar-refractivity contribution < 1.29 is 41.7 Å². The van der Waals surface area contributed by atoms with Crippen LogP contribution in [0.3, 0.4) is 0 Å². The zero-order valence-electron chi connectivity index (χ0n) is 13.7. The number of alkyl carbamates (subject to hydrolysis) is 1. The fourth-order valence-corrected chi connectivity index (χ4v) is 1.87. The molecule has 0 aromatic heterocycles. The zero-order chi connectivity index (χ0) is 19.5. The van der Waals surface area contributed by atoms with Crippen LogP contribution in [0.4, 0.5) is 26.7 Å². The zero-order valence-corrected chi connectivity index (χ0v) is 13.7. The second-order valence-electron chi connectivity index (χ2n) is 6.21. The van der Waals surface area contributed by atoms with Gasteiger partial charge in [0.1, 0.15) is 11.7 Å². The fraction of sp³-hybridized carbons (Fsp3) is 0.533. The predicted molar refractivity (Wildman–Crippen MR) is 76.1 cm³/mol. The first-order valence-corrected chi connectivity index (χ1v) is 7.21. The molecule has 0 saturated carbocycles. The van der Waals surface area contributed by atoms with Gasteiger partial charge in [0, 0.05) is 6.54 Å². The molecule has 0 radical (unpaired) electrons. The van der Waals surface area contributed by atoms with Gasteiger partial charge < -0.3 is 20.3 Å². The smallest absolute Gasteiger partial charge is 0.407 e. The lowest BCUT2D eigenvalue weighted by molar-refractivity contribution is 0.00728. The van der Waals surface area contributed by atoms with Crippen molar-refractivity contribution in [3.05, 3.63) is 34.6 Å². The number of carbonyl (C=O) groups is 1. The van der Waals surface area contributed by atoms with Crippen molar-refractivity contribution in [1.82, 2.24) is 5.32 Å². The molecular weight excluding hydrogens is 353 g/mol. The molecule has 2 unspecified atom stereocenters. The fourth-order valence-electron chi connectivity index (χ4n) is 1.87. The van der Waals surface area contributed by atoms with Crippen molar-refractivity contribution in [1.29, 1.82) is 0 Å². The summed E-state index contributed by atoms with van der Waals surface area (Å²) >= 11 is 0. The molecule has 1 rings (SSSR count). The van der Waals surface area contributed by atoms with E-state index >= 15 is 0 Å². The molecule has 0 bridgehead atoms. The highest BCUT2D eigenvalue weighted by molar-refractivity contribution is 5.67. The van der Waals surface area contributed by atoms with Crippen molar-refractivity contribution in [3.63, 3.8) is 0 Å². The van der Waals surface area contributed by atoms with Gasteiger partial charge in [0.15, 0.2) is 23.3 Å². The average molecular weight is 371 g/mol. The average Bonchev–Trinajstić information content (AvgIpc) is 2.49. The molecule has 1 aromatic rings. The minimum Gasteiger partial charge on any atom is -0.444 e. The van der Waals surface area contributed by atoms with E-state index in [9.17, 15) is 37.0 Å². The van der Waals surface area contributed by atoms with Crippen molar-refractivity contribution in [3.8, 4) is 0 Å². The molecule has 0 spiro atoms. The molecule has 1 aromatic carbocycles. The van der Waals surface area contributed by atoms with E-state index in [0.717, 1.165) is 0 Å². The van der Waals surface area contributed by atoms with Crippen molar-refractivity contribution in [2.75, 3.05) is 6.54 Å². The van der Waals surface area contributed by atoms with Crippen LogP contribution in [-0.4, -0.2) is 34.6 Å². The maximum atomic E-state index is 13.6. The minimum absolute atomic E-state index is 0.275. The normalized spacial score (nSPS) is 14.2. The molecule has 0 aliphatic rings. The third-order valence-electron chi connectivity index (χ3n) is 3.01. The topological polar surface area (TPSA) is 78.8 Å². The second-order valence-corrected chi connectivity index (χ2v) is 6.21. The molecule has 5 nitrogen and oxygen atoms in total. The van der Waals surface area contributed by atoms with E-state index in [1.54, 1.807) is 20.8 Å². The maximum Gasteiger partial charge on any atom is 0.407 e. The Kier molecular flexibility index (Phi) is 6.72. The summed E-state index contributed by atoms with van der Waals surface area (Å²) in [4.78, 5) is 11.4. The van der Waals surface area contributed by atoms with Crippen molar-refractivity contribution in [2.24, 2.45) is 0 Å². The highest BCUT2D eigenvalue weighted by Crippen LogP contribution is 2.30. The van der Waals surface area contributed by atoms with Crippen LogP contribution >= 0.6 is 0 Å². The van der Waals surface area contributed by atoms with E-state index in [2.05, 4.69) is 5.32 Å². The van der Waals surface area contributed by atoms with Gasteiger partial charge in [0.05, 0.1) is 11.7 Å². The third-order valence-corrected chi connectivity index (χ3v) is 3.01. The standard InChI is InChI=1S/C15H18F5NO4/c1-15(2,3)25-14(24)21-5-4-6(22)13(23)7-8(16)10(18)12(20)11(19)9(7)17/h6,13,22-23H,4-5H2,1-3H3,(H,21,24). The van der Waals surface area contributed by atoms with E-state index in [1.165, 1.54) is 0 Å². The van der Waals surface area contributed by atoms with E-state index in [-0.39, 0.29) is 6.54 Å². The molecule has 0 aliphatic carbocycles. The first-order chi connectivity index (χ1) is 11.4. The number of halogens is 5. The Labute approximate surface area is 140 Å². The van der Waals surface area contributed by atoms with Gasteiger partial charge in [0.2, 0.25) is 5.82 Å². The van der Waals surface area contributed by atoms with E-state index in [1.807, 2.05) is 0 Å². The summed E-state index contributed by atoms with van der Waals surface area (Å²) in [6, 6.07) is 0. The SMILES string of the molecule is CC(C)(C)OC(=O)NCCC(O)C(O)c1c(F)c(F)c(F)c(F)c1F. The number of carbonyl (C=O) groups excluding carboxylic acids is 1. The first kappa shape index (κ1) is 21.1. The molecular formula is C15H18F5NO4. The number of benzene rings is 1. The lowest BCUT2D eigenvalue weighted by atomic mass is 10.00. The summed E-state index contributed by atoms with van der Waals surface area (Å²) in [7, 11) is 0. The molecule has 10 heteroatoms. The van der Waals surface area contributed by atoms with Gasteiger partial charge in [-0.25, -0.2) is 26.7 Å². The van der Waals surface area contributed by atoms with Crippen molar-refractivity contribution >= 4 is 6.09 Å². The number of aliphatic hydroxyl groups is 2. The summed E-state index contributed by atoms with van der Waals surface area (Å²) < 4.78 is 71.2. The Morgan fingerprint density at radius 1 is 1.00 bits per heavy atom. The van der Waals surface area contributed by atoms with Crippen LogP contribution in [0.25, 0.3) is 0 Å². The molecule has 25 heavy (non-hydrogen) atoms. The predicted octanol–water partition coefficient (Wildman–Crippen LogP) is 2.69. The number of hydrogen-bond acceptors (Lipinski definition) is 4. The number of amides is 1. The van der Waals surface area contributed by atoms with Gasteiger partial charge in [-0.05, 0) is 27.2 Å². The maximum absolute atomic E-state index is 13.6. The molecule has 1 amide bonds. The van der Waals surface area contributed by atoms with Crippen molar-refractivity contribution in [2.45, 2.75) is 45.0 Å². The van der Waals surface area contributed by atoms with Crippen LogP contribution in [0.5, 0.6) is 0 Å². The van der Waals surface area contributed by atoms with Gasteiger partial charge in [0.25, 0.3) is 0 Å². The van der Waals surface area contributed by atoms with Crippen LogP contribution in [0, 0.1) is 29.1 Å². The number of nitrogens with one attached hydrogen (secondary N) is 1. The van der Waals surface area contributed by atoms with Crippen LogP contribution in [0.1, 0.15) is 38.9 Å². The Balaban J connectivity index is 2.78. The van der Waals surface area contributed by atoms with E-state index < -0.39 is 65.0 Å². The molecule has 0 fully saturated rings. The molecule has 0 heterocycles. The van der Waals surface area contributed by atoms with Gasteiger partial charge in [-0.3, -0.25) is 0 Å². The summed E-state index contributed by atoms with van der Waals surface area (Å²) in [5.41, 5.74) is -2.32. The van der Waals surface area contributed by atoms with Crippen LogP contribution in [0.2, 0.25) is 0 Å². The third kappa shape index (κ3) is 5.27. The number of ether oxygens (including phenoxy) is 1. The molecule has 3 N–H and O–H groups in total. The second kappa shape index (κ2) is 7.96. The van der Waals surface area contributed by atoms with E-state index in [0.29, 0.717) is 0 Å². The van der Waals surface area contributed by atoms with Gasteiger partial charge >= 0.3 is 6.09 Å². The Morgan fingerprint density at radius 2 is 1.44 bits per heavy atom.